The number of phosphoric ester groups is 1. The number of hydrogen-bond donors (Lipinski definition) is 6. The number of nitrogens with one attached hydrogen (secondary N) is 2. The van der Waals surface area contributed by atoms with Gasteiger partial charge in [0.05, 0.1) is 12.7 Å². The number of fused-ring (bicyclic) bond motifs is 1. The molecule has 0 amide bonds. The number of aliphatic hydroxyl groups excluding tert-OH is 1. The molecule has 0 radical (unpaired) electrons. The minimum absolute atomic E-state index is 0.0602. The Hall–Kier alpha value is -2.02. The van der Waals surface area contributed by atoms with Crippen LogP contribution < -0.4 is 17.0 Å². The Morgan fingerprint density at radius 1 is 1.42 bits per heavy atom. The first-order chi connectivity index (χ1) is 11.2. The number of anilines is 1. The summed E-state index contributed by atoms with van der Waals surface area (Å²) in [7, 11) is -4.73. The summed E-state index contributed by atoms with van der Waals surface area (Å²) in [4.78, 5) is 49.6. The Morgan fingerprint density at radius 2 is 2.12 bits per heavy atom. The van der Waals surface area contributed by atoms with Crippen LogP contribution >= 0.6 is 7.82 Å². The molecule has 1 aliphatic heterocycles. The van der Waals surface area contributed by atoms with Crippen molar-refractivity contribution in [2.45, 2.75) is 24.9 Å². The third-order valence-corrected chi connectivity index (χ3v) is 3.98. The maximum atomic E-state index is 12.1. The van der Waals surface area contributed by atoms with Gasteiger partial charge in [0, 0.05) is 6.42 Å². The van der Waals surface area contributed by atoms with E-state index in [0.29, 0.717) is 0 Å². The average molecular weight is 363 g/mol. The smallest absolute Gasteiger partial charge is 0.390 e. The maximum Gasteiger partial charge on any atom is 0.469 e. The second-order valence-corrected chi connectivity index (χ2v) is 6.41. The number of imidazole rings is 1. The highest BCUT2D eigenvalue weighted by Crippen LogP contribution is 2.38. The first kappa shape index (κ1) is 16.8. The SMILES string of the molecule is Nc1nc2c([nH]c(=O)n2[C@H]2CC(O)[C@@H](COP(=O)(O)O)O2)c(=O)[nH]1. The molecule has 0 bridgehead atoms. The number of H-pyrrole nitrogens is 2. The van der Waals surface area contributed by atoms with E-state index < -0.39 is 44.1 Å². The number of aromatic nitrogens is 4. The molecule has 3 heterocycles. The van der Waals surface area contributed by atoms with Crippen molar-refractivity contribution in [2.75, 3.05) is 12.3 Å². The third kappa shape index (κ3) is 3.13. The maximum absolute atomic E-state index is 12.1. The molecule has 2 aromatic rings. The van der Waals surface area contributed by atoms with E-state index in [0.717, 1.165) is 4.57 Å². The lowest BCUT2D eigenvalue weighted by molar-refractivity contribution is -0.0433. The van der Waals surface area contributed by atoms with E-state index in [4.69, 9.17) is 20.3 Å². The van der Waals surface area contributed by atoms with Gasteiger partial charge in [0.25, 0.3) is 5.56 Å². The summed E-state index contributed by atoms with van der Waals surface area (Å²) in [6.07, 6.45) is -3.30. The van der Waals surface area contributed by atoms with Crippen LogP contribution in [0.2, 0.25) is 0 Å². The quantitative estimate of drug-likeness (QED) is 0.322. The number of nitrogens with zero attached hydrogens (tertiary/aromatic N) is 2. The fourth-order valence-electron chi connectivity index (χ4n) is 2.49. The van der Waals surface area contributed by atoms with Crippen LogP contribution in [0.5, 0.6) is 0 Å². The summed E-state index contributed by atoms with van der Waals surface area (Å²) in [5.74, 6) is -0.208. The minimum Gasteiger partial charge on any atom is -0.390 e. The highest BCUT2D eigenvalue weighted by molar-refractivity contribution is 7.46. The van der Waals surface area contributed by atoms with Crippen LogP contribution in [0.3, 0.4) is 0 Å². The molecule has 1 unspecified atom stereocenters. The molecule has 24 heavy (non-hydrogen) atoms. The summed E-state index contributed by atoms with van der Waals surface area (Å²) >= 11 is 0. The van der Waals surface area contributed by atoms with Crippen molar-refractivity contribution in [3.8, 4) is 0 Å². The molecule has 13 nitrogen and oxygen atoms in total. The molecule has 14 heteroatoms. The molecular formula is C10H14N5O8P. The number of nitrogen functional groups attached to an aromatic ring is 1. The van der Waals surface area contributed by atoms with Gasteiger partial charge in [-0.1, -0.05) is 0 Å². The molecular weight excluding hydrogens is 349 g/mol. The Morgan fingerprint density at radius 3 is 2.79 bits per heavy atom. The summed E-state index contributed by atoms with van der Waals surface area (Å²) < 4.78 is 21.4. The molecule has 0 aliphatic carbocycles. The Balaban J connectivity index is 1.92. The van der Waals surface area contributed by atoms with Gasteiger partial charge in [-0.05, 0) is 0 Å². The van der Waals surface area contributed by atoms with Crippen molar-refractivity contribution in [3.63, 3.8) is 0 Å². The van der Waals surface area contributed by atoms with E-state index in [9.17, 15) is 19.3 Å². The predicted octanol–water partition coefficient (Wildman–Crippen LogP) is -2.25. The van der Waals surface area contributed by atoms with Crippen LogP contribution in [0.4, 0.5) is 5.95 Å². The van der Waals surface area contributed by atoms with Crippen LogP contribution in [0.15, 0.2) is 9.59 Å². The topological polar surface area (TPSA) is 206 Å². The molecule has 1 saturated heterocycles. The van der Waals surface area contributed by atoms with E-state index >= 15 is 0 Å². The Bertz CT molecular complexity index is 927. The summed E-state index contributed by atoms with van der Waals surface area (Å²) in [6, 6.07) is 0. The lowest BCUT2D eigenvalue weighted by Crippen LogP contribution is -2.26. The first-order valence-corrected chi connectivity index (χ1v) is 8.22. The zero-order valence-electron chi connectivity index (χ0n) is 11.9. The highest BCUT2D eigenvalue weighted by Gasteiger charge is 2.38. The van der Waals surface area contributed by atoms with Crippen molar-refractivity contribution in [2.24, 2.45) is 0 Å². The standard InChI is InChI=1S/C10H14N5O8P/c11-9-13-7-6(8(17)14-9)12-10(18)15(7)5-1-3(16)4(23-5)2-22-24(19,20)21/h3-5,16H,1-2H2,(H,12,18)(H2,19,20,21)(H3,11,13,14,17)/t3?,4-,5-/m1/s1. The van der Waals surface area contributed by atoms with Crippen molar-refractivity contribution in [1.29, 1.82) is 0 Å². The molecule has 2 aromatic heterocycles. The molecule has 3 rings (SSSR count). The van der Waals surface area contributed by atoms with Crippen LogP contribution in [0.25, 0.3) is 11.2 Å². The number of rotatable bonds is 4. The molecule has 1 aliphatic rings. The van der Waals surface area contributed by atoms with Crippen molar-refractivity contribution in [1.82, 2.24) is 19.5 Å². The number of nitrogens with two attached hydrogens (primary N) is 1. The van der Waals surface area contributed by atoms with Gasteiger partial charge in [-0.15, -0.1) is 0 Å². The van der Waals surface area contributed by atoms with E-state index in [1.54, 1.807) is 0 Å². The molecule has 7 N–H and O–H groups in total. The zero-order chi connectivity index (χ0) is 17.6. The molecule has 3 atom stereocenters. The first-order valence-electron chi connectivity index (χ1n) is 6.69. The van der Waals surface area contributed by atoms with Crippen LogP contribution in [-0.4, -0.2) is 53.2 Å². The van der Waals surface area contributed by atoms with Gasteiger partial charge in [0.2, 0.25) is 5.95 Å². The zero-order valence-corrected chi connectivity index (χ0v) is 12.8. The number of aliphatic hydroxyl groups is 1. The molecule has 0 aromatic carbocycles. The van der Waals surface area contributed by atoms with Gasteiger partial charge < -0.3 is 25.4 Å². The van der Waals surface area contributed by atoms with Gasteiger partial charge in [-0.25, -0.2) is 13.9 Å². The minimum atomic E-state index is -4.73. The summed E-state index contributed by atoms with van der Waals surface area (Å²) in [5, 5.41) is 9.93. The van der Waals surface area contributed by atoms with Gasteiger partial charge in [0.1, 0.15) is 12.3 Å². The Labute approximate surface area is 132 Å². The molecule has 132 valence electrons. The second-order valence-electron chi connectivity index (χ2n) is 5.17. The highest BCUT2D eigenvalue weighted by atomic mass is 31.2. The summed E-state index contributed by atoms with van der Waals surface area (Å²) in [5.41, 5.74) is 3.94. The van der Waals surface area contributed by atoms with E-state index in [-0.39, 0.29) is 23.5 Å². The van der Waals surface area contributed by atoms with Crippen LogP contribution in [0.1, 0.15) is 12.6 Å². The number of phosphoric acid groups is 1. The fraction of sp³-hybridized carbons (Fsp3) is 0.500. The van der Waals surface area contributed by atoms with Gasteiger partial charge >= 0.3 is 13.5 Å². The van der Waals surface area contributed by atoms with E-state index in [1.807, 2.05) is 0 Å². The van der Waals surface area contributed by atoms with Gasteiger partial charge in [-0.3, -0.25) is 19.3 Å². The second kappa shape index (κ2) is 5.81. The van der Waals surface area contributed by atoms with Gasteiger partial charge in [0.15, 0.2) is 11.2 Å². The largest absolute Gasteiger partial charge is 0.469 e. The number of hydrogen-bond acceptors (Lipinski definition) is 8. The van der Waals surface area contributed by atoms with E-state index in [1.165, 1.54) is 0 Å². The van der Waals surface area contributed by atoms with Gasteiger partial charge in [-0.2, -0.15) is 4.98 Å². The van der Waals surface area contributed by atoms with Crippen LogP contribution in [0, 0.1) is 0 Å². The third-order valence-electron chi connectivity index (χ3n) is 3.50. The van der Waals surface area contributed by atoms with Crippen LogP contribution in [-0.2, 0) is 13.8 Å². The number of aromatic amines is 2. The predicted molar refractivity (Wildman–Crippen MR) is 77.9 cm³/mol. The fourth-order valence-corrected chi connectivity index (χ4v) is 2.83. The normalized spacial score (nSPS) is 24.7. The van der Waals surface area contributed by atoms with Crippen molar-refractivity contribution >= 4 is 24.9 Å². The van der Waals surface area contributed by atoms with Crippen molar-refractivity contribution < 1.29 is 28.7 Å². The number of ether oxygens (including phenoxy) is 1. The molecule has 0 saturated carbocycles. The van der Waals surface area contributed by atoms with E-state index in [2.05, 4.69) is 19.5 Å². The monoisotopic (exact) mass is 363 g/mol. The lowest BCUT2D eigenvalue weighted by atomic mass is 10.2. The Kier molecular flexibility index (Phi) is 4.07. The van der Waals surface area contributed by atoms with Crippen molar-refractivity contribution in [3.05, 3.63) is 20.8 Å². The summed E-state index contributed by atoms with van der Waals surface area (Å²) in [6.45, 7) is -0.574. The lowest BCUT2D eigenvalue weighted by Gasteiger charge is -2.15. The average Bonchev–Trinajstić information content (AvgIpc) is 2.96. The molecule has 1 fully saturated rings. The molecule has 0 spiro atoms.